The molecule has 0 radical (unpaired) electrons. The molecule has 2 fully saturated rings. The summed E-state index contributed by atoms with van der Waals surface area (Å²) in [6.45, 7) is 6.45. The molecule has 1 aliphatic carbocycles. The molecule has 0 aromatic heterocycles. The molecular weight excluding hydrogens is 260 g/mol. The topological polar surface area (TPSA) is 38.5 Å². The summed E-state index contributed by atoms with van der Waals surface area (Å²) in [5.74, 6) is 2.73. The Kier molecular flexibility index (Phi) is 4.27. The van der Waals surface area contributed by atoms with Gasteiger partial charge >= 0.3 is 0 Å². The second-order valence-corrected chi connectivity index (χ2v) is 6.97. The smallest absolute Gasteiger partial charge is 0.123 e. The predicted molar refractivity (Wildman–Crippen MR) is 88.9 cm³/mol. The molecule has 0 spiro atoms. The van der Waals surface area contributed by atoms with Gasteiger partial charge in [0, 0.05) is 36.6 Å². The van der Waals surface area contributed by atoms with Crippen LogP contribution < -0.4 is 15.4 Å². The van der Waals surface area contributed by atoms with Crippen molar-refractivity contribution in [2.45, 2.75) is 52.1 Å². The minimum absolute atomic E-state index is 0.184. The lowest BCUT2D eigenvalue weighted by Crippen LogP contribution is -2.41. The van der Waals surface area contributed by atoms with Crippen LogP contribution in [0.4, 0.5) is 11.4 Å². The molecule has 2 unspecified atom stereocenters. The maximum absolute atomic E-state index is 6.07. The minimum Gasteiger partial charge on any atom is -0.491 e. The standard InChI is InChI=1S/C18H28N2O/c1-13(2)21-18-10-16(19)9-17(11-18)20-8-7-14-5-3-4-6-15(14)12-20/h9-11,13-15H,3-8,12,19H2,1-2H3. The van der Waals surface area contributed by atoms with Crippen LogP contribution in [0, 0.1) is 11.8 Å². The molecule has 21 heavy (non-hydrogen) atoms. The lowest BCUT2D eigenvalue weighted by molar-refractivity contribution is 0.202. The van der Waals surface area contributed by atoms with Gasteiger partial charge in [0.05, 0.1) is 6.10 Å². The molecule has 1 heterocycles. The van der Waals surface area contributed by atoms with Crippen molar-refractivity contribution in [1.29, 1.82) is 0 Å². The second kappa shape index (κ2) is 6.17. The number of rotatable bonds is 3. The quantitative estimate of drug-likeness (QED) is 0.852. The van der Waals surface area contributed by atoms with Crippen molar-refractivity contribution in [1.82, 2.24) is 0 Å². The van der Waals surface area contributed by atoms with Gasteiger partial charge in [0.2, 0.25) is 0 Å². The van der Waals surface area contributed by atoms with Crippen LogP contribution in [0.3, 0.4) is 0 Å². The van der Waals surface area contributed by atoms with Crippen LogP contribution in [0.5, 0.6) is 5.75 Å². The molecule has 1 aliphatic heterocycles. The lowest BCUT2D eigenvalue weighted by Gasteiger charge is -2.42. The maximum atomic E-state index is 6.07. The molecule has 2 atom stereocenters. The summed E-state index contributed by atoms with van der Waals surface area (Å²) in [4.78, 5) is 2.51. The lowest BCUT2D eigenvalue weighted by atomic mass is 9.75. The van der Waals surface area contributed by atoms with Gasteiger partial charge in [0.1, 0.15) is 5.75 Å². The fourth-order valence-corrected chi connectivity index (χ4v) is 3.96. The highest BCUT2D eigenvalue weighted by atomic mass is 16.5. The Labute approximate surface area is 128 Å². The normalized spacial score (nSPS) is 25.8. The zero-order valence-electron chi connectivity index (χ0n) is 13.3. The molecular formula is C18H28N2O. The van der Waals surface area contributed by atoms with E-state index in [1.807, 2.05) is 6.07 Å². The molecule has 1 aromatic rings. The maximum Gasteiger partial charge on any atom is 0.123 e. The van der Waals surface area contributed by atoms with E-state index in [1.54, 1.807) is 0 Å². The third-order valence-electron chi connectivity index (χ3n) is 4.94. The molecule has 3 rings (SSSR count). The molecule has 1 saturated heterocycles. The van der Waals surface area contributed by atoms with Crippen LogP contribution >= 0.6 is 0 Å². The highest BCUT2D eigenvalue weighted by Crippen LogP contribution is 2.38. The van der Waals surface area contributed by atoms with Gasteiger partial charge in [0.15, 0.2) is 0 Å². The van der Waals surface area contributed by atoms with Crippen molar-refractivity contribution in [2.75, 3.05) is 23.7 Å². The van der Waals surface area contributed by atoms with Gasteiger partial charge in [0.25, 0.3) is 0 Å². The van der Waals surface area contributed by atoms with Gasteiger partial charge in [-0.25, -0.2) is 0 Å². The number of piperidine rings is 1. The third-order valence-corrected chi connectivity index (χ3v) is 4.94. The van der Waals surface area contributed by atoms with Gasteiger partial charge in [-0.15, -0.1) is 0 Å². The van der Waals surface area contributed by atoms with E-state index in [9.17, 15) is 0 Å². The molecule has 1 aromatic carbocycles. The molecule has 2 N–H and O–H groups in total. The van der Waals surface area contributed by atoms with Crippen LogP contribution in [-0.4, -0.2) is 19.2 Å². The fraction of sp³-hybridized carbons (Fsp3) is 0.667. The summed E-state index contributed by atoms with van der Waals surface area (Å²) in [5.41, 5.74) is 8.10. The first-order valence-corrected chi connectivity index (χ1v) is 8.44. The average molecular weight is 288 g/mol. The summed E-state index contributed by atoms with van der Waals surface area (Å²) < 4.78 is 5.83. The van der Waals surface area contributed by atoms with Crippen molar-refractivity contribution in [2.24, 2.45) is 11.8 Å². The van der Waals surface area contributed by atoms with E-state index < -0.39 is 0 Å². The summed E-state index contributed by atoms with van der Waals surface area (Å²) in [6.07, 6.45) is 7.21. The molecule has 2 aliphatic rings. The molecule has 3 heteroatoms. The number of hydrogen-bond donors (Lipinski definition) is 1. The zero-order valence-corrected chi connectivity index (χ0v) is 13.3. The van der Waals surface area contributed by atoms with Crippen LogP contribution in [0.2, 0.25) is 0 Å². The van der Waals surface area contributed by atoms with Crippen LogP contribution in [0.1, 0.15) is 46.0 Å². The SMILES string of the molecule is CC(C)Oc1cc(N)cc(N2CCC3CCCCC3C2)c1. The summed E-state index contributed by atoms with van der Waals surface area (Å²) in [7, 11) is 0. The van der Waals surface area contributed by atoms with E-state index in [4.69, 9.17) is 10.5 Å². The fourth-order valence-electron chi connectivity index (χ4n) is 3.96. The van der Waals surface area contributed by atoms with E-state index in [-0.39, 0.29) is 6.10 Å². The molecule has 1 saturated carbocycles. The van der Waals surface area contributed by atoms with E-state index in [2.05, 4.69) is 30.9 Å². The van der Waals surface area contributed by atoms with E-state index in [0.29, 0.717) is 0 Å². The number of nitrogens with two attached hydrogens (primary N) is 1. The molecule has 116 valence electrons. The van der Waals surface area contributed by atoms with E-state index in [0.717, 1.165) is 29.8 Å². The number of anilines is 2. The van der Waals surface area contributed by atoms with Crippen molar-refractivity contribution in [3.05, 3.63) is 18.2 Å². The van der Waals surface area contributed by atoms with Gasteiger partial charge < -0.3 is 15.4 Å². The van der Waals surface area contributed by atoms with Crippen molar-refractivity contribution < 1.29 is 4.74 Å². The van der Waals surface area contributed by atoms with Gasteiger partial charge in [-0.3, -0.25) is 0 Å². The van der Waals surface area contributed by atoms with Crippen LogP contribution in [0.25, 0.3) is 0 Å². The second-order valence-electron chi connectivity index (χ2n) is 6.97. The van der Waals surface area contributed by atoms with Crippen molar-refractivity contribution in [3.63, 3.8) is 0 Å². The highest BCUT2D eigenvalue weighted by molar-refractivity contribution is 5.60. The average Bonchev–Trinajstić information content (AvgIpc) is 2.45. The van der Waals surface area contributed by atoms with Gasteiger partial charge in [-0.1, -0.05) is 19.3 Å². The van der Waals surface area contributed by atoms with E-state index in [1.165, 1.54) is 44.3 Å². The Bertz CT molecular complexity index is 486. The number of ether oxygens (including phenoxy) is 1. The largest absolute Gasteiger partial charge is 0.491 e. The Hall–Kier alpha value is -1.38. The molecule has 0 amide bonds. The molecule has 0 bridgehead atoms. The summed E-state index contributed by atoms with van der Waals surface area (Å²) in [5, 5.41) is 0. The van der Waals surface area contributed by atoms with Crippen LogP contribution in [0.15, 0.2) is 18.2 Å². The van der Waals surface area contributed by atoms with Crippen molar-refractivity contribution >= 4 is 11.4 Å². The van der Waals surface area contributed by atoms with Gasteiger partial charge in [-0.2, -0.15) is 0 Å². The first-order valence-electron chi connectivity index (χ1n) is 8.44. The Balaban J connectivity index is 1.75. The summed E-state index contributed by atoms with van der Waals surface area (Å²) >= 11 is 0. The number of fused-ring (bicyclic) bond motifs is 1. The number of benzene rings is 1. The number of nitrogen functional groups attached to an aromatic ring is 1. The van der Waals surface area contributed by atoms with Crippen molar-refractivity contribution in [3.8, 4) is 5.75 Å². The Morgan fingerprint density at radius 3 is 2.62 bits per heavy atom. The van der Waals surface area contributed by atoms with Gasteiger partial charge in [-0.05, 0) is 44.6 Å². The number of nitrogens with zero attached hydrogens (tertiary/aromatic N) is 1. The van der Waals surface area contributed by atoms with E-state index >= 15 is 0 Å². The molecule has 3 nitrogen and oxygen atoms in total. The Morgan fingerprint density at radius 1 is 1.10 bits per heavy atom. The first-order chi connectivity index (χ1) is 10.1. The first kappa shape index (κ1) is 14.6. The third kappa shape index (κ3) is 3.45. The van der Waals surface area contributed by atoms with Crippen LogP contribution in [-0.2, 0) is 0 Å². The highest BCUT2D eigenvalue weighted by Gasteiger charge is 2.31. The minimum atomic E-state index is 0.184. The Morgan fingerprint density at radius 2 is 1.86 bits per heavy atom. The summed E-state index contributed by atoms with van der Waals surface area (Å²) in [6, 6.07) is 6.17. The monoisotopic (exact) mass is 288 g/mol. The zero-order chi connectivity index (χ0) is 14.8. The predicted octanol–water partition coefficient (Wildman–Crippen LogP) is 4.07. The number of hydrogen-bond acceptors (Lipinski definition) is 3.